The van der Waals surface area contributed by atoms with Crippen LogP contribution < -0.4 is 10.6 Å². The zero-order valence-corrected chi connectivity index (χ0v) is 11.3. The van der Waals surface area contributed by atoms with Gasteiger partial charge in [-0.25, -0.2) is 4.39 Å². The molecule has 0 aliphatic heterocycles. The first-order valence-corrected chi connectivity index (χ1v) is 7.00. The van der Waals surface area contributed by atoms with Gasteiger partial charge in [-0.1, -0.05) is 25.7 Å². The summed E-state index contributed by atoms with van der Waals surface area (Å²) in [4.78, 5) is 23.2. The number of nitrogens with one attached hydrogen (secondary N) is 2. The second-order valence-corrected chi connectivity index (χ2v) is 5.16. The molecule has 0 unspecified atom stereocenters. The van der Waals surface area contributed by atoms with Crippen LogP contribution in [-0.4, -0.2) is 18.4 Å². The van der Waals surface area contributed by atoms with Gasteiger partial charge in [0.1, 0.15) is 5.82 Å². The predicted octanol–water partition coefficient (Wildman–Crippen LogP) is 2.46. The molecule has 1 aromatic carbocycles. The van der Waals surface area contributed by atoms with Crippen LogP contribution >= 0.6 is 0 Å². The van der Waals surface area contributed by atoms with E-state index in [0.29, 0.717) is 18.2 Å². The molecule has 0 bridgehead atoms. The van der Waals surface area contributed by atoms with Gasteiger partial charge in [0, 0.05) is 12.2 Å². The predicted molar refractivity (Wildman–Crippen MR) is 74.6 cm³/mol. The smallest absolute Gasteiger partial charge is 0.313 e. The molecule has 0 heterocycles. The lowest BCUT2D eigenvalue weighted by molar-refractivity contribution is -0.136. The van der Waals surface area contributed by atoms with Gasteiger partial charge >= 0.3 is 11.8 Å². The summed E-state index contributed by atoms with van der Waals surface area (Å²) in [5.74, 6) is -1.07. The fourth-order valence-corrected chi connectivity index (χ4v) is 2.49. The van der Waals surface area contributed by atoms with Gasteiger partial charge in [-0.2, -0.15) is 0 Å². The highest BCUT2D eigenvalue weighted by Crippen LogP contribution is 2.26. The molecule has 108 valence electrons. The molecule has 20 heavy (non-hydrogen) atoms. The van der Waals surface area contributed by atoms with Crippen molar-refractivity contribution >= 4 is 17.5 Å². The van der Waals surface area contributed by atoms with Crippen LogP contribution in [0.5, 0.6) is 0 Å². The molecule has 0 radical (unpaired) electrons. The third kappa shape index (κ3) is 4.33. The summed E-state index contributed by atoms with van der Waals surface area (Å²) in [5.41, 5.74) is 0.405. The van der Waals surface area contributed by atoms with Crippen molar-refractivity contribution in [2.45, 2.75) is 32.1 Å². The number of carbonyl (C=O) groups excluding carboxylic acids is 2. The van der Waals surface area contributed by atoms with Gasteiger partial charge in [0.2, 0.25) is 0 Å². The van der Waals surface area contributed by atoms with Crippen molar-refractivity contribution in [3.05, 3.63) is 30.1 Å². The molecule has 1 saturated carbocycles. The average Bonchev–Trinajstić information content (AvgIpc) is 2.94. The van der Waals surface area contributed by atoms with Crippen LogP contribution in [0.4, 0.5) is 10.1 Å². The molecule has 4 nitrogen and oxygen atoms in total. The number of rotatable bonds is 4. The molecule has 1 aliphatic carbocycles. The molecule has 2 N–H and O–H groups in total. The van der Waals surface area contributed by atoms with E-state index in [1.165, 1.54) is 49.9 Å². The maximum absolute atomic E-state index is 12.7. The highest BCUT2D eigenvalue weighted by atomic mass is 19.1. The molecule has 1 aliphatic rings. The normalized spacial score (nSPS) is 15.1. The Morgan fingerprint density at radius 1 is 1.10 bits per heavy atom. The Morgan fingerprint density at radius 2 is 1.75 bits per heavy atom. The van der Waals surface area contributed by atoms with Crippen LogP contribution in [0.15, 0.2) is 24.3 Å². The molecule has 2 rings (SSSR count). The van der Waals surface area contributed by atoms with Crippen molar-refractivity contribution in [1.82, 2.24) is 5.32 Å². The van der Waals surface area contributed by atoms with E-state index in [2.05, 4.69) is 10.6 Å². The second kappa shape index (κ2) is 7.03. The Morgan fingerprint density at radius 3 is 2.40 bits per heavy atom. The summed E-state index contributed by atoms with van der Waals surface area (Å²) in [7, 11) is 0. The summed E-state index contributed by atoms with van der Waals surface area (Å²) in [6.45, 7) is 0.528. The summed E-state index contributed by atoms with van der Waals surface area (Å²) < 4.78 is 12.7. The summed E-state index contributed by atoms with van der Waals surface area (Å²) in [6.07, 6.45) is 5.90. The molecule has 0 atom stereocenters. The van der Waals surface area contributed by atoms with Crippen LogP contribution in [0.25, 0.3) is 0 Å². The molecule has 0 saturated heterocycles. The number of hydrogen-bond acceptors (Lipinski definition) is 2. The minimum atomic E-state index is -0.719. The Balaban J connectivity index is 1.71. The number of halogens is 1. The van der Waals surface area contributed by atoms with E-state index < -0.39 is 11.8 Å². The topological polar surface area (TPSA) is 58.2 Å². The van der Waals surface area contributed by atoms with Crippen molar-refractivity contribution < 1.29 is 14.0 Å². The third-order valence-corrected chi connectivity index (χ3v) is 3.62. The lowest BCUT2D eigenvalue weighted by Crippen LogP contribution is -2.36. The zero-order chi connectivity index (χ0) is 14.4. The summed E-state index contributed by atoms with van der Waals surface area (Å²) in [5, 5.41) is 5.05. The Kier molecular flexibility index (Phi) is 5.09. The van der Waals surface area contributed by atoms with Crippen molar-refractivity contribution in [3.8, 4) is 0 Å². The van der Waals surface area contributed by atoms with Gasteiger partial charge in [0.25, 0.3) is 0 Å². The van der Waals surface area contributed by atoms with Gasteiger partial charge in [0.05, 0.1) is 0 Å². The van der Waals surface area contributed by atoms with Crippen LogP contribution in [-0.2, 0) is 9.59 Å². The summed E-state index contributed by atoms with van der Waals surface area (Å²) in [6, 6.07) is 5.29. The first-order chi connectivity index (χ1) is 9.65. The van der Waals surface area contributed by atoms with Crippen molar-refractivity contribution in [3.63, 3.8) is 0 Å². The SMILES string of the molecule is O=C(NCCC1CCCC1)C(=O)Nc1ccc(F)cc1. The molecule has 5 heteroatoms. The molecule has 2 amide bonds. The van der Waals surface area contributed by atoms with Crippen molar-refractivity contribution in [1.29, 1.82) is 0 Å². The lowest BCUT2D eigenvalue weighted by atomic mass is 10.0. The van der Waals surface area contributed by atoms with E-state index in [0.717, 1.165) is 6.42 Å². The van der Waals surface area contributed by atoms with Gasteiger partial charge in [-0.15, -0.1) is 0 Å². The molecular formula is C15H19FN2O2. The van der Waals surface area contributed by atoms with E-state index in [1.54, 1.807) is 0 Å². The maximum atomic E-state index is 12.7. The largest absolute Gasteiger partial charge is 0.348 e. The third-order valence-electron chi connectivity index (χ3n) is 3.62. The molecule has 1 aromatic rings. The van der Waals surface area contributed by atoms with Gasteiger partial charge in [-0.05, 0) is 36.6 Å². The van der Waals surface area contributed by atoms with E-state index in [1.807, 2.05) is 0 Å². The van der Waals surface area contributed by atoms with Crippen LogP contribution in [0.2, 0.25) is 0 Å². The number of carbonyl (C=O) groups is 2. The number of anilines is 1. The number of hydrogen-bond donors (Lipinski definition) is 2. The monoisotopic (exact) mass is 278 g/mol. The highest BCUT2D eigenvalue weighted by molar-refractivity contribution is 6.39. The van der Waals surface area contributed by atoms with Crippen molar-refractivity contribution in [2.75, 3.05) is 11.9 Å². The van der Waals surface area contributed by atoms with E-state index in [-0.39, 0.29) is 5.82 Å². The molecule has 1 fully saturated rings. The average molecular weight is 278 g/mol. The van der Waals surface area contributed by atoms with E-state index in [9.17, 15) is 14.0 Å². The van der Waals surface area contributed by atoms with E-state index in [4.69, 9.17) is 0 Å². The first-order valence-electron chi connectivity index (χ1n) is 7.00. The molecular weight excluding hydrogens is 259 g/mol. The van der Waals surface area contributed by atoms with E-state index >= 15 is 0 Å². The highest BCUT2D eigenvalue weighted by Gasteiger charge is 2.17. The zero-order valence-electron chi connectivity index (χ0n) is 11.3. The van der Waals surface area contributed by atoms with Crippen LogP contribution in [0, 0.1) is 11.7 Å². The number of benzene rings is 1. The van der Waals surface area contributed by atoms with Gasteiger partial charge < -0.3 is 10.6 Å². The van der Waals surface area contributed by atoms with Gasteiger partial charge in [0.15, 0.2) is 0 Å². The molecule has 0 spiro atoms. The standard InChI is InChI=1S/C15H19FN2O2/c16-12-5-7-13(8-6-12)18-15(20)14(19)17-10-9-11-3-1-2-4-11/h5-8,11H,1-4,9-10H2,(H,17,19)(H,18,20). The fourth-order valence-electron chi connectivity index (χ4n) is 2.49. The quantitative estimate of drug-likeness (QED) is 0.831. The Bertz CT molecular complexity index is 467. The van der Waals surface area contributed by atoms with Crippen LogP contribution in [0.3, 0.4) is 0 Å². The minimum absolute atomic E-state index is 0.385. The van der Waals surface area contributed by atoms with Gasteiger partial charge in [-0.3, -0.25) is 9.59 Å². The van der Waals surface area contributed by atoms with Crippen LogP contribution in [0.1, 0.15) is 32.1 Å². The second-order valence-electron chi connectivity index (χ2n) is 5.16. The first kappa shape index (κ1) is 14.5. The Hall–Kier alpha value is -1.91. The minimum Gasteiger partial charge on any atom is -0.348 e. The maximum Gasteiger partial charge on any atom is 0.313 e. The number of amides is 2. The molecule has 0 aromatic heterocycles. The Labute approximate surface area is 117 Å². The fraction of sp³-hybridized carbons (Fsp3) is 0.467. The summed E-state index contributed by atoms with van der Waals surface area (Å²) >= 11 is 0. The van der Waals surface area contributed by atoms with Crippen molar-refractivity contribution in [2.24, 2.45) is 5.92 Å². The lowest BCUT2D eigenvalue weighted by Gasteiger charge is -2.10.